The lowest BCUT2D eigenvalue weighted by Gasteiger charge is -2.59. The molecule has 35 heavy (non-hydrogen) atoms. The van der Waals surface area contributed by atoms with Crippen LogP contribution < -0.4 is 10.6 Å². The van der Waals surface area contributed by atoms with Gasteiger partial charge in [-0.15, -0.1) is 0 Å². The van der Waals surface area contributed by atoms with Crippen molar-refractivity contribution >= 4 is 18.0 Å². The van der Waals surface area contributed by atoms with E-state index in [1.807, 2.05) is 24.3 Å². The number of benzene rings is 2. The van der Waals surface area contributed by atoms with Crippen LogP contribution in [0.4, 0.5) is 4.79 Å². The summed E-state index contributed by atoms with van der Waals surface area (Å²) in [6.45, 7) is 1.94. The van der Waals surface area contributed by atoms with Gasteiger partial charge in [0.15, 0.2) is 0 Å². The summed E-state index contributed by atoms with van der Waals surface area (Å²) in [5.74, 6) is -1.42. The first-order valence-electron chi connectivity index (χ1n) is 12.1. The van der Waals surface area contributed by atoms with Gasteiger partial charge in [0.2, 0.25) is 5.91 Å². The lowest BCUT2D eigenvalue weighted by atomic mass is 9.48. The molecular formula is C28H30N2O5. The van der Waals surface area contributed by atoms with Gasteiger partial charge in [0.05, 0.1) is 0 Å². The molecule has 5 rings (SSSR count). The molecule has 3 aliphatic carbocycles. The number of hydrogen-bond acceptors (Lipinski definition) is 4. The van der Waals surface area contributed by atoms with Crippen molar-refractivity contribution in [2.24, 2.45) is 5.41 Å². The van der Waals surface area contributed by atoms with Crippen molar-refractivity contribution in [3.63, 3.8) is 0 Å². The van der Waals surface area contributed by atoms with Gasteiger partial charge in [-0.3, -0.25) is 4.79 Å². The summed E-state index contributed by atoms with van der Waals surface area (Å²) in [4.78, 5) is 36.7. The summed E-state index contributed by atoms with van der Waals surface area (Å²) in [5, 5.41) is 15.1. The minimum absolute atomic E-state index is 0.0233. The van der Waals surface area contributed by atoms with E-state index in [1.165, 1.54) is 0 Å². The Balaban J connectivity index is 1.12. The summed E-state index contributed by atoms with van der Waals surface area (Å²) < 4.78 is 5.50. The third-order valence-electron chi connectivity index (χ3n) is 7.89. The fourth-order valence-corrected chi connectivity index (χ4v) is 5.90. The second-order valence-corrected chi connectivity index (χ2v) is 10.1. The molecule has 1 spiro atoms. The number of rotatable bonds is 7. The van der Waals surface area contributed by atoms with Crippen LogP contribution in [-0.4, -0.2) is 41.8 Å². The van der Waals surface area contributed by atoms with Gasteiger partial charge in [0, 0.05) is 18.0 Å². The van der Waals surface area contributed by atoms with Gasteiger partial charge in [-0.2, -0.15) is 0 Å². The third kappa shape index (κ3) is 4.20. The highest BCUT2D eigenvalue weighted by atomic mass is 16.5. The molecule has 2 saturated carbocycles. The number of hydrogen-bond donors (Lipinski definition) is 3. The molecule has 3 aliphatic rings. The molecule has 0 radical (unpaired) electrons. The van der Waals surface area contributed by atoms with Crippen molar-refractivity contribution in [3.8, 4) is 11.1 Å². The number of amides is 2. The molecule has 7 heteroatoms. The minimum atomic E-state index is -1.17. The second kappa shape index (κ2) is 8.87. The maximum atomic E-state index is 12.6. The van der Waals surface area contributed by atoms with Gasteiger partial charge in [-0.05, 0) is 60.3 Å². The molecule has 0 bridgehead atoms. The van der Waals surface area contributed by atoms with Gasteiger partial charge >= 0.3 is 12.1 Å². The summed E-state index contributed by atoms with van der Waals surface area (Å²) in [7, 11) is 0. The average molecular weight is 475 g/mol. The molecule has 2 aromatic rings. The normalized spacial score (nSPS) is 19.1. The Bertz CT molecular complexity index is 1160. The third-order valence-corrected chi connectivity index (χ3v) is 7.89. The lowest BCUT2D eigenvalue weighted by Crippen LogP contribution is -2.68. The van der Waals surface area contributed by atoms with Crippen LogP contribution in [0.1, 0.15) is 56.1 Å². The number of carbonyl (C=O) groups is 3. The first-order valence-corrected chi connectivity index (χ1v) is 12.1. The average Bonchev–Trinajstić information content (AvgIpc) is 3.12. The lowest BCUT2D eigenvalue weighted by molar-refractivity contribution is -0.165. The molecule has 7 nitrogen and oxygen atoms in total. The number of ether oxygens (including phenoxy) is 1. The number of carboxylic acids is 1. The van der Waals surface area contributed by atoms with Crippen LogP contribution in [-0.2, 0) is 14.3 Å². The van der Waals surface area contributed by atoms with E-state index < -0.39 is 23.5 Å². The maximum absolute atomic E-state index is 12.6. The fraction of sp³-hybridized carbons (Fsp3) is 0.393. The molecule has 0 aliphatic heterocycles. The SMILES string of the molecule is C/C(=C\CNC(=O)OCC1c2ccccc2-c2ccccc21)C(=O)NC1(C(=O)O)CC2(CCC2)C1. The summed E-state index contributed by atoms with van der Waals surface area (Å²) in [5.41, 5.74) is 3.90. The van der Waals surface area contributed by atoms with E-state index in [0.717, 1.165) is 41.5 Å². The van der Waals surface area contributed by atoms with Crippen molar-refractivity contribution < 1.29 is 24.2 Å². The van der Waals surface area contributed by atoms with E-state index >= 15 is 0 Å². The quantitative estimate of drug-likeness (QED) is 0.517. The zero-order valence-electron chi connectivity index (χ0n) is 19.8. The topological polar surface area (TPSA) is 105 Å². The Hall–Kier alpha value is -3.61. The van der Waals surface area contributed by atoms with Gasteiger partial charge < -0.3 is 20.5 Å². The largest absolute Gasteiger partial charge is 0.480 e. The fourth-order valence-electron chi connectivity index (χ4n) is 5.90. The monoisotopic (exact) mass is 474 g/mol. The van der Waals surface area contributed by atoms with Crippen LogP contribution >= 0.6 is 0 Å². The summed E-state index contributed by atoms with van der Waals surface area (Å²) >= 11 is 0. The molecular weight excluding hydrogens is 444 g/mol. The maximum Gasteiger partial charge on any atom is 0.407 e. The first kappa shape index (κ1) is 23.1. The van der Waals surface area contributed by atoms with Crippen molar-refractivity contribution in [2.75, 3.05) is 13.2 Å². The molecule has 182 valence electrons. The molecule has 0 atom stereocenters. The highest BCUT2D eigenvalue weighted by Gasteiger charge is 2.61. The van der Waals surface area contributed by atoms with E-state index in [1.54, 1.807) is 13.0 Å². The van der Waals surface area contributed by atoms with Gasteiger partial charge in [-0.1, -0.05) is 61.0 Å². The Morgan fingerprint density at radius 2 is 1.63 bits per heavy atom. The smallest absolute Gasteiger partial charge is 0.407 e. The zero-order chi connectivity index (χ0) is 24.6. The van der Waals surface area contributed by atoms with Crippen LogP contribution in [0, 0.1) is 5.41 Å². The number of nitrogens with one attached hydrogen (secondary N) is 2. The van der Waals surface area contributed by atoms with E-state index in [2.05, 4.69) is 34.9 Å². The second-order valence-electron chi connectivity index (χ2n) is 10.1. The summed E-state index contributed by atoms with van der Waals surface area (Å²) in [6, 6.07) is 16.3. The van der Waals surface area contributed by atoms with E-state index in [-0.39, 0.29) is 24.5 Å². The van der Waals surface area contributed by atoms with Crippen molar-refractivity contribution in [3.05, 3.63) is 71.3 Å². The Labute approximate surface area is 204 Å². The number of alkyl carbamates (subject to hydrolysis) is 1. The predicted molar refractivity (Wildman–Crippen MR) is 131 cm³/mol. The van der Waals surface area contributed by atoms with Crippen LogP contribution in [0.3, 0.4) is 0 Å². The molecule has 2 fully saturated rings. The van der Waals surface area contributed by atoms with Crippen LogP contribution in [0.25, 0.3) is 11.1 Å². The molecule has 2 aromatic carbocycles. The minimum Gasteiger partial charge on any atom is -0.480 e. The van der Waals surface area contributed by atoms with Crippen molar-refractivity contribution in [1.82, 2.24) is 10.6 Å². The van der Waals surface area contributed by atoms with Crippen LogP contribution in [0.5, 0.6) is 0 Å². The first-order chi connectivity index (χ1) is 16.8. The highest BCUT2D eigenvalue weighted by molar-refractivity contribution is 5.97. The molecule has 0 heterocycles. The molecule has 3 N–H and O–H groups in total. The summed E-state index contributed by atoms with van der Waals surface area (Å²) in [6.07, 6.45) is 5.20. The van der Waals surface area contributed by atoms with Gasteiger partial charge in [0.1, 0.15) is 12.1 Å². The zero-order valence-corrected chi connectivity index (χ0v) is 19.8. The van der Waals surface area contributed by atoms with Gasteiger partial charge in [-0.25, -0.2) is 9.59 Å². The standard InChI is InChI=1S/C28H30N2O5/c1-18(24(31)30-28(25(32)33)16-27(17-28)12-6-13-27)11-14-29-26(34)35-15-23-21-9-4-2-7-19(21)20-8-3-5-10-22(20)23/h2-5,7-11,23H,6,12-17H2,1H3,(H,29,34)(H,30,31)(H,32,33)/b18-11+. The molecule has 0 unspecified atom stereocenters. The molecule has 0 aromatic heterocycles. The van der Waals surface area contributed by atoms with E-state index in [0.29, 0.717) is 18.4 Å². The Morgan fingerprint density at radius 1 is 1.03 bits per heavy atom. The van der Waals surface area contributed by atoms with E-state index in [4.69, 9.17) is 4.74 Å². The molecule has 2 amide bonds. The van der Waals surface area contributed by atoms with Crippen molar-refractivity contribution in [1.29, 1.82) is 0 Å². The van der Waals surface area contributed by atoms with Crippen LogP contribution in [0.2, 0.25) is 0 Å². The van der Waals surface area contributed by atoms with Crippen molar-refractivity contribution in [2.45, 2.75) is 50.5 Å². The number of carboxylic acid groups (broad SMARTS) is 1. The molecule has 0 saturated heterocycles. The number of fused-ring (bicyclic) bond motifs is 3. The number of carbonyl (C=O) groups excluding carboxylic acids is 2. The van der Waals surface area contributed by atoms with Crippen LogP contribution in [0.15, 0.2) is 60.2 Å². The number of aliphatic carboxylic acids is 1. The Morgan fingerprint density at radius 3 is 2.17 bits per heavy atom. The van der Waals surface area contributed by atoms with E-state index in [9.17, 15) is 19.5 Å². The highest BCUT2D eigenvalue weighted by Crippen LogP contribution is 2.60. The predicted octanol–water partition coefficient (Wildman–Crippen LogP) is 4.38. The Kier molecular flexibility index (Phi) is 5.87. The van der Waals surface area contributed by atoms with Gasteiger partial charge in [0.25, 0.3) is 0 Å².